The monoisotopic (exact) mass is 374 g/mol. The van der Waals surface area contributed by atoms with E-state index in [-0.39, 0.29) is 17.3 Å². The van der Waals surface area contributed by atoms with Crippen molar-refractivity contribution in [1.82, 2.24) is 9.71 Å². The molecule has 2 aromatic rings. The van der Waals surface area contributed by atoms with Crippen LogP contribution in [0.4, 0.5) is 11.5 Å². The molecule has 0 radical (unpaired) electrons. The molecule has 1 aromatic carbocycles. The van der Waals surface area contributed by atoms with Crippen LogP contribution in [0.25, 0.3) is 0 Å². The van der Waals surface area contributed by atoms with Gasteiger partial charge in [-0.3, -0.25) is 4.79 Å². The summed E-state index contributed by atoms with van der Waals surface area (Å²) >= 11 is 0. The van der Waals surface area contributed by atoms with Gasteiger partial charge in [0.05, 0.1) is 4.90 Å². The maximum atomic E-state index is 12.4. The number of hydrogen-bond acceptors (Lipinski definition) is 5. The van der Waals surface area contributed by atoms with Crippen molar-refractivity contribution in [2.24, 2.45) is 0 Å². The fourth-order valence-electron chi connectivity index (χ4n) is 2.84. The summed E-state index contributed by atoms with van der Waals surface area (Å²) in [7, 11) is -3.63. The van der Waals surface area contributed by atoms with E-state index in [1.54, 1.807) is 18.3 Å². The molecule has 2 N–H and O–H groups in total. The second kappa shape index (κ2) is 7.84. The number of nitrogens with zero attached hydrogens (tertiary/aromatic N) is 2. The van der Waals surface area contributed by atoms with Crippen molar-refractivity contribution in [3.63, 3.8) is 0 Å². The van der Waals surface area contributed by atoms with Crippen molar-refractivity contribution in [3.05, 3.63) is 48.2 Å². The first-order chi connectivity index (χ1) is 12.4. The maximum Gasteiger partial charge on any atom is 0.240 e. The highest BCUT2D eigenvalue weighted by molar-refractivity contribution is 7.89. The third-order valence-corrected chi connectivity index (χ3v) is 5.61. The first-order valence-corrected chi connectivity index (χ1v) is 9.99. The molecule has 7 nitrogen and oxygen atoms in total. The molecule has 0 bridgehead atoms. The van der Waals surface area contributed by atoms with Gasteiger partial charge in [0.2, 0.25) is 15.9 Å². The number of benzene rings is 1. The zero-order chi connectivity index (χ0) is 18.6. The zero-order valence-electron chi connectivity index (χ0n) is 14.6. The lowest BCUT2D eigenvalue weighted by molar-refractivity contribution is -0.114. The van der Waals surface area contributed by atoms with Gasteiger partial charge < -0.3 is 10.2 Å². The van der Waals surface area contributed by atoms with Gasteiger partial charge in [-0.15, -0.1) is 0 Å². The van der Waals surface area contributed by atoms with Crippen molar-refractivity contribution < 1.29 is 13.2 Å². The molecule has 0 aliphatic carbocycles. The molecule has 1 fully saturated rings. The highest BCUT2D eigenvalue weighted by atomic mass is 32.2. The summed E-state index contributed by atoms with van der Waals surface area (Å²) in [6.07, 6.45) is 4.07. The van der Waals surface area contributed by atoms with E-state index in [4.69, 9.17) is 0 Å². The van der Waals surface area contributed by atoms with Crippen molar-refractivity contribution >= 4 is 27.4 Å². The lowest BCUT2D eigenvalue weighted by Gasteiger charge is -2.16. The molecule has 0 unspecified atom stereocenters. The van der Waals surface area contributed by atoms with Gasteiger partial charge in [0.1, 0.15) is 5.82 Å². The van der Waals surface area contributed by atoms with Gasteiger partial charge in [-0.2, -0.15) is 0 Å². The van der Waals surface area contributed by atoms with Crippen LogP contribution < -0.4 is 14.9 Å². The van der Waals surface area contributed by atoms with Crippen LogP contribution in [-0.2, 0) is 21.4 Å². The van der Waals surface area contributed by atoms with Crippen LogP contribution in [0, 0.1) is 0 Å². The number of hydrogen-bond donors (Lipinski definition) is 2. The summed E-state index contributed by atoms with van der Waals surface area (Å²) in [5.74, 6) is 0.728. The molecule has 8 heteroatoms. The molecule has 0 atom stereocenters. The Kier molecular flexibility index (Phi) is 5.53. The minimum atomic E-state index is -3.63. The Morgan fingerprint density at radius 2 is 1.81 bits per heavy atom. The zero-order valence-corrected chi connectivity index (χ0v) is 15.4. The normalized spacial score (nSPS) is 14.4. The highest BCUT2D eigenvalue weighted by Gasteiger charge is 2.15. The molecule has 1 saturated heterocycles. The Morgan fingerprint density at radius 1 is 1.12 bits per heavy atom. The largest absolute Gasteiger partial charge is 0.357 e. The smallest absolute Gasteiger partial charge is 0.240 e. The number of sulfonamides is 1. The molecule has 1 aliphatic heterocycles. The summed E-state index contributed by atoms with van der Waals surface area (Å²) in [5, 5.41) is 2.60. The van der Waals surface area contributed by atoms with Crippen LogP contribution in [0.5, 0.6) is 0 Å². The number of carbonyl (C=O) groups is 1. The minimum absolute atomic E-state index is 0.147. The molecule has 0 spiro atoms. The first kappa shape index (κ1) is 18.3. The Balaban J connectivity index is 1.61. The standard InChI is InChI=1S/C18H22N4O3S/c1-14(23)21-16-5-7-17(8-6-16)26(24,25)20-13-15-4-9-18(19-12-15)22-10-2-3-11-22/h4-9,12,20H,2-3,10-11,13H2,1H3,(H,21,23). The average Bonchev–Trinajstić information content (AvgIpc) is 3.15. The lowest BCUT2D eigenvalue weighted by atomic mass is 10.3. The van der Waals surface area contributed by atoms with E-state index in [1.807, 2.05) is 12.1 Å². The van der Waals surface area contributed by atoms with E-state index in [0.29, 0.717) is 5.69 Å². The average molecular weight is 374 g/mol. The van der Waals surface area contributed by atoms with E-state index in [9.17, 15) is 13.2 Å². The second-order valence-corrected chi connectivity index (χ2v) is 8.02. The van der Waals surface area contributed by atoms with Crippen LogP contribution in [-0.4, -0.2) is 32.4 Å². The van der Waals surface area contributed by atoms with Crippen molar-refractivity contribution in [2.75, 3.05) is 23.3 Å². The lowest BCUT2D eigenvalue weighted by Crippen LogP contribution is -2.23. The molecule has 26 heavy (non-hydrogen) atoms. The summed E-state index contributed by atoms with van der Waals surface area (Å²) in [5.41, 5.74) is 1.35. The molecule has 1 amide bonds. The van der Waals surface area contributed by atoms with E-state index >= 15 is 0 Å². The Bertz CT molecular complexity index is 858. The first-order valence-electron chi connectivity index (χ1n) is 8.51. The van der Waals surface area contributed by atoms with Gasteiger partial charge in [0.15, 0.2) is 0 Å². The van der Waals surface area contributed by atoms with Crippen molar-refractivity contribution in [1.29, 1.82) is 0 Å². The van der Waals surface area contributed by atoms with Gasteiger partial charge in [0.25, 0.3) is 0 Å². The van der Waals surface area contributed by atoms with E-state index < -0.39 is 10.0 Å². The van der Waals surface area contributed by atoms with Gasteiger partial charge >= 0.3 is 0 Å². The van der Waals surface area contributed by atoms with Crippen LogP contribution in [0.1, 0.15) is 25.3 Å². The minimum Gasteiger partial charge on any atom is -0.357 e. The van der Waals surface area contributed by atoms with Gasteiger partial charge in [0, 0.05) is 38.4 Å². The Morgan fingerprint density at radius 3 is 2.38 bits per heavy atom. The van der Waals surface area contributed by atoms with Crippen molar-refractivity contribution in [3.8, 4) is 0 Å². The number of aromatic nitrogens is 1. The van der Waals surface area contributed by atoms with Crippen LogP contribution >= 0.6 is 0 Å². The molecular formula is C18H22N4O3S. The topological polar surface area (TPSA) is 91.4 Å². The summed E-state index contributed by atoms with van der Waals surface area (Å²) in [6.45, 7) is 3.61. The molecule has 138 valence electrons. The molecule has 0 saturated carbocycles. The van der Waals surface area contributed by atoms with E-state index in [0.717, 1.165) is 24.5 Å². The Hall–Kier alpha value is -2.45. The van der Waals surface area contributed by atoms with Crippen molar-refractivity contribution in [2.45, 2.75) is 31.2 Å². The molecule has 1 aromatic heterocycles. The van der Waals surface area contributed by atoms with Crippen LogP contribution in [0.3, 0.4) is 0 Å². The van der Waals surface area contributed by atoms with E-state index in [2.05, 4.69) is 19.9 Å². The number of amides is 1. The maximum absolute atomic E-state index is 12.4. The van der Waals surface area contributed by atoms with Gasteiger partial charge in [-0.05, 0) is 48.7 Å². The predicted octanol–water partition coefficient (Wildman–Crippen LogP) is 2.12. The number of anilines is 2. The third kappa shape index (κ3) is 4.59. The fraction of sp³-hybridized carbons (Fsp3) is 0.333. The van der Waals surface area contributed by atoms with Gasteiger partial charge in [-0.1, -0.05) is 6.07 Å². The summed E-state index contributed by atoms with van der Waals surface area (Å²) in [4.78, 5) is 17.8. The number of nitrogens with one attached hydrogen (secondary N) is 2. The quantitative estimate of drug-likeness (QED) is 0.808. The highest BCUT2D eigenvalue weighted by Crippen LogP contribution is 2.18. The number of rotatable bonds is 6. The van der Waals surface area contributed by atoms with Gasteiger partial charge in [-0.25, -0.2) is 18.1 Å². The molecular weight excluding hydrogens is 352 g/mol. The van der Waals surface area contributed by atoms with E-state index in [1.165, 1.54) is 31.9 Å². The van der Waals surface area contributed by atoms with Crippen LogP contribution in [0.2, 0.25) is 0 Å². The third-order valence-electron chi connectivity index (χ3n) is 4.19. The number of pyridine rings is 1. The number of carbonyl (C=O) groups excluding carboxylic acids is 1. The summed E-state index contributed by atoms with van der Waals surface area (Å²) < 4.78 is 27.3. The second-order valence-electron chi connectivity index (χ2n) is 6.25. The van der Waals surface area contributed by atoms with Crippen LogP contribution in [0.15, 0.2) is 47.5 Å². The molecule has 2 heterocycles. The molecule has 3 rings (SSSR count). The summed E-state index contributed by atoms with van der Waals surface area (Å²) in [6, 6.07) is 9.86. The fourth-order valence-corrected chi connectivity index (χ4v) is 3.85. The SMILES string of the molecule is CC(=O)Nc1ccc(S(=O)(=O)NCc2ccc(N3CCCC3)nc2)cc1. The predicted molar refractivity (Wildman–Crippen MR) is 100 cm³/mol. The Labute approximate surface area is 153 Å². The molecule has 1 aliphatic rings.